The lowest BCUT2D eigenvalue weighted by atomic mass is 9.98. The standard InChI is InChI=1S/C25H35NO2S/c1-19(20(2)26-3)25(14-10-9-13-21-11-7-6-8-12-21)29-22-15-17-23(27-4)24(28-5)18-16-22/h6-8,11-12,15,17-19,25-26H,2,9-10,13-14,16H2,1,3-5H3. The molecule has 29 heavy (non-hydrogen) atoms. The molecule has 0 spiro atoms. The van der Waals surface area contributed by atoms with Gasteiger partial charge in [-0.1, -0.05) is 50.3 Å². The maximum absolute atomic E-state index is 5.45. The molecular formula is C25H35NO2S. The Bertz CT molecular complexity index is 736. The molecule has 0 bridgehead atoms. The van der Waals surface area contributed by atoms with Crippen molar-refractivity contribution in [1.82, 2.24) is 5.32 Å². The summed E-state index contributed by atoms with van der Waals surface area (Å²) in [5, 5.41) is 3.73. The third kappa shape index (κ3) is 7.36. The van der Waals surface area contributed by atoms with Crippen LogP contribution in [-0.2, 0) is 15.9 Å². The van der Waals surface area contributed by atoms with Crippen LogP contribution < -0.4 is 5.32 Å². The highest BCUT2D eigenvalue weighted by molar-refractivity contribution is 8.03. The van der Waals surface area contributed by atoms with Crippen molar-refractivity contribution >= 4 is 11.8 Å². The largest absolute Gasteiger partial charge is 0.493 e. The van der Waals surface area contributed by atoms with Crippen LogP contribution in [0.1, 0.15) is 38.2 Å². The van der Waals surface area contributed by atoms with Gasteiger partial charge in [0.25, 0.3) is 0 Å². The molecule has 0 saturated heterocycles. The van der Waals surface area contributed by atoms with Crippen molar-refractivity contribution in [2.75, 3.05) is 21.3 Å². The van der Waals surface area contributed by atoms with Crippen LogP contribution in [-0.4, -0.2) is 26.5 Å². The first-order valence-corrected chi connectivity index (χ1v) is 11.2. The van der Waals surface area contributed by atoms with Crippen LogP contribution >= 0.6 is 11.8 Å². The van der Waals surface area contributed by atoms with Gasteiger partial charge in [0, 0.05) is 30.3 Å². The lowest BCUT2D eigenvalue weighted by Gasteiger charge is -2.26. The molecule has 0 amide bonds. The molecule has 2 rings (SSSR count). The second-order valence-electron chi connectivity index (χ2n) is 7.30. The van der Waals surface area contributed by atoms with Crippen molar-refractivity contribution in [2.24, 2.45) is 5.92 Å². The summed E-state index contributed by atoms with van der Waals surface area (Å²) in [6, 6.07) is 10.7. The van der Waals surface area contributed by atoms with Gasteiger partial charge in [0.1, 0.15) is 0 Å². The molecule has 2 atom stereocenters. The highest BCUT2D eigenvalue weighted by Crippen LogP contribution is 2.36. The maximum Gasteiger partial charge on any atom is 0.160 e. The predicted molar refractivity (Wildman–Crippen MR) is 126 cm³/mol. The molecule has 1 aromatic rings. The summed E-state index contributed by atoms with van der Waals surface area (Å²) in [4.78, 5) is 1.33. The highest BCUT2D eigenvalue weighted by atomic mass is 32.2. The Kier molecular flexibility index (Phi) is 9.99. The molecule has 1 aliphatic carbocycles. The van der Waals surface area contributed by atoms with E-state index >= 15 is 0 Å². The summed E-state index contributed by atoms with van der Waals surface area (Å²) in [7, 11) is 5.33. The molecule has 0 saturated carbocycles. The van der Waals surface area contributed by atoms with Gasteiger partial charge in [-0.15, -0.1) is 11.8 Å². The van der Waals surface area contributed by atoms with Gasteiger partial charge in [0.15, 0.2) is 11.5 Å². The van der Waals surface area contributed by atoms with Crippen LogP contribution in [0, 0.1) is 5.92 Å². The summed E-state index contributed by atoms with van der Waals surface area (Å²) >= 11 is 1.96. The van der Waals surface area contributed by atoms with E-state index in [2.05, 4.69) is 61.3 Å². The quantitative estimate of drug-likeness (QED) is 0.412. The van der Waals surface area contributed by atoms with Gasteiger partial charge in [-0.2, -0.15) is 0 Å². The summed E-state index contributed by atoms with van der Waals surface area (Å²) in [6.07, 6.45) is 11.9. The van der Waals surface area contributed by atoms with Gasteiger partial charge in [-0.3, -0.25) is 0 Å². The van der Waals surface area contributed by atoms with Crippen molar-refractivity contribution in [3.8, 4) is 0 Å². The minimum absolute atomic E-state index is 0.391. The summed E-state index contributed by atoms with van der Waals surface area (Å²) in [5.74, 6) is 1.96. The van der Waals surface area contributed by atoms with E-state index in [0.29, 0.717) is 11.2 Å². The number of rotatable bonds is 12. The van der Waals surface area contributed by atoms with Gasteiger partial charge in [0.2, 0.25) is 0 Å². The van der Waals surface area contributed by atoms with Crippen molar-refractivity contribution in [3.05, 3.63) is 82.8 Å². The Hall–Kier alpha value is -2.07. The van der Waals surface area contributed by atoms with Crippen LogP contribution in [0.3, 0.4) is 0 Å². The van der Waals surface area contributed by atoms with Crippen LogP contribution in [0.25, 0.3) is 0 Å². The first kappa shape index (κ1) is 23.2. The Morgan fingerprint density at radius 1 is 1.10 bits per heavy atom. The number of methoxy groups -OCH3 is 2. The van der Waals surface area contributed by atoms with Crippen molar-refractivity contribution in [3.63, 3.8) is 0 Å². The van der Waals surface area contributed by atoms with E-state index in [1.807, 2.05) is 24.9 Å². The van der Waals surface area contributed by atoms with Crippen LogP contribution in [0.5, 0.6) is 0 Å². The second-order valence-corrected chi connectivity index (χ2v) is 8.66. The molecule has 0 radical (unpaired) electrons. The third-order valence-electron chi connectivity index (χ3n) is 5.37. The predicted octanol–water partition coefficient (Wildman–Crippen LogP) is 6.22. The number of hydrogen-bond donors (Lipinski definition) is 1. The molecule has 0 aliphatic heterocycles. The topological polar surface area (TPSA) is 30.5 Å². The lowest BCUT2D eigenvalue weighted by Crippen LogP contribution is -2.23. The first-order chi connectivity index (χ1) is 14.1. The van der Waals surface area contributed by atoms with Gasteiger partial charge in [0.05, 0.1) is 14.2 Å². The SMILES string of the molecule is C=C(NC)C(C)C(CCCCc1ccccc1)SC1=CC=C(OC)C(OC)=CC1. The molecule has 158 valence electrons. The fourth-order valence-electron chi connectivity index (χ4n) is 3.43. The number of hydrogen-bond acceptors (Lipinski definition) is 4. The van der Waals surface area contributed by atoms with Crippen molar-refractivity contribution in [2.45, 2.75) is 44.3 Å². The first-order valence-electron chi connectivity index (χ1n) is 10.4. The number of thioether (sulfide) groups is 1. The van der Waals surface area contributed by atoms with E-state index in [0.717, 1.165) is 30.1 Å². The zero-order valence-electron chi connectivity index (χ0n) is 18.2. The molecule has 3 nitrogen and oxygen atoms in total. The van der Waals surface area contributed by atoms with Gasteiger partial charge in [-0.05, 0) is 48.0 Å². The third-order valence-corrected chi connectivity index (χ3v) is 6.92. The lowest BCUT2D eigenvalue weighted by molar-refractivity contribution is 0.220. The summed E-state index contributed by atoms with van der Waals surface area (Å²) in [5.41, 5.74) is 2.52. The molecule has 2 unspecified atom stereocenters. The Morgan fingerprint density at radius 2 is 1.83 bits per heavy atom. The average molecular weight is 414 g/mol. The number of unbranched alkanes of at least 4 members (excludes halogenated alkanes) is 1. The molecular weight excluding hydrogens is 378 g/mol. The van der Waals surface area contributed by atoms with E-state index in [-0.39, 0.29) is 0 Å². The zero-order valence-corrected chi connectivity index (χ0v) is 19.1. The molecule has 0 fully saturated rings. The number of ether oxygens (including phenoxy) is 2. The monoisotopic (exact) mass is 413 g/mol. The molecule has 1 aromatic carbocycles. The van der Waals surface area contributed by atoms with E-state index in [1.54, 1.807) is 14.2 Å². The fraction of sp³-hybridized carbons (Fsp3) is 0.440. The van der Waals surface area contributed by atoms with Crippen LogP contribution in [0.15, 0.2) is 77.3 Å². The molecule has 1 aliphatic rings. The smallest absolute Gasteiger partial charge is 0.160 e. The van der Waals surface area contributed by atoms with Crippen molar-refractivity contribution in [1.29, 1.82) is 0 Å². The zero-order chi connectivity index (χ0) is 21.1. The molecule has 0 aromatic heterocycles. The second kappa shape index (κ2) is 12.5. The number of allylic oxidation sites excluding steroid dienone is 5. The molecule has 4 heteroatoms. The Morgan fingerprint density at radius 3 is 2.48 bits per heavy atom. The Balaban J connectivity index is 2.00. The van der Waals surface area contributed by atoms with E-state index < -0.39 is 0 Å². The van der Waals surface area contributed by atoms with E-state index in [1.165, 1.54) is 29.7 Å². The fourth-order valence-corrected chi connectivity index (χ4v) is 4.80. The normalized spacial score (nSPS) is 15.9. The Labute approximate surface area is 181 Å². The van der Waals surface area contributed by atoms with Crippen LogP contribution in [0.4, 0.5) is 0 Å². The molecule has 0 heterocycles. The highest BCUT2D eigenvalue weighted by Gasteiger charge is 2.22. The van der Waals surface area contributed by atoms with Gasteiger partial charge >= 0.3 is 0 Å². The summed E-state index contributed by atoms with van der Waals surface area (Å²) < 4.78 is 10.9. The maximum atomic E-state index is 5.45. The van der Waals surface area contributed by atoms with Crippen molar-refractivity contribution < 1.29 is 9.47 Å². The van der Waals surface area contributed by atoms with Crippen LogP contribution in [0.2, 0.25) is 0 Å². The van der Waals surface area contributed by atoms with Gasteiger partial charge in [-0.25, -0.2) is 0 Å². The molecule has 1 N–H and O–H groups in total. The van der Waals surface area contributed by atoms with E-state index in [9.17, 15) is 0 Å². The minimum Gasteiger partial charge on any atom is -0.493 e. The summed E-state index contributed by atoms with van der Waals surface area (Å²) in [6.45, 7) is 6.50. The number of aryl methyl sites for hydroxylation is 1. The number of nitrogens with one attached hydrogen (secondary N) is 1. The van der Waals surface area contributed by atoms with Gasteiger partial charge < -0.3 is 14.8 Å². The minimum atomic E-state index is 0.391. The number of benzene rings is 1. The van der Waals surface area contributed by atoms with E-state index in [4.69, 9.17) is 9.47 Å². The average Bonchev–Trinajstić information content (AvgIpc) is 2.96.